The van der Waals surface area contributed by atoms with Crippen molar-refractivity contribution in [1.82, 2.24) is 10.5 Å². The van der Waals surface area contributed by atoms with Crippen molar-refractivity contribution < 1.29 is 14.1 Å². The number of nitrogens with zero attached hydrogens (tertiary/aromatic N) is 2. The van der Waals surface area contributed by atoms with Crippen LogP contribution in [-0.4, -0.2) is 23.5 Å². The van der Waals surface area contributed by atoms with Crippen molar-refractivity contribution in [3.8, 4) is 11.3 Å². The Morgan fingerprint density at radius 2 is 1.93 bits per heavy atom. The lowest BCUT2D eigenvalue weighted by atomic mass is 10.1. The molecule has 1 N–H and O–H groups in total. The molecule has 0 unspecified atom stereocenters. The van der Waals surface area contributed by atoms with E-state index in [0.29, 0.717) is 23.0 Å². The Balaban J connectivity index is 1.36. The van der Waals surface area contributed by atoms with E-state index in [1.807, 2.05) is 44.2 Å². The number of rotatable bonds is 5. The van der Waals surface area contributed by atoms with Crippen LogP contribution in [0.3, 0.4) is 0 Å². The lowest BCUT2D eigenvalue weighted by Gasteiger charge is -2.18. The maximum Gasteiger partial charge on any atom is 0.227 e. The number of amides is 2. The first-order chi connectivity index (χ1) is 14.4. The summed E-state index contributed by atoms with van der Waals surface area (Å²) in [5, 5.41) is 7.52. The van der Waals surface area contributed by atoms with Crippen molar-refractivity contribution in [2.75, 3.05) is 11.4 Å². The van der Waals surface area contributed by atoms with Gasteiger partial charge in [0.15, 0.2) is 5.76 Å². The van der Waals surface area contributed by atoms with Gasteiger partial charge in [-0.3, -0.25) is 9.59 Å². The van der Waals surface area contributed by atoms with Gasteiger partial charge in [0.25, 0.3) is 0 Å². The predicted octanol–water partition coefficient (Wildman–Crippen LogP) is 4.28. The maximum absolute atomic E-state index is 12.6. The van der Waals surface area contributed by atoms with Crippen LogP contribution in [0.1, 0.15) is 23.2 Å². The van der Waals surface area contributed by atoms with Gasteiger partial charge in [-0.05, 0) is 61.4 Å². The largest absolute Gasteiger partial charge is 0.356 e. The molecule has 1 atom stereocenters. The van der Waals surface area contributed by atoms with Gasteiger partial charge < -0.3 is 14.7 Å². The minimum absolute atomic E-state index is 0.0372. The van der Waals surface area contributed by atoms with Crippen LogP contribution in [0.15, 0.2) is 53.1 Å². The summed E-state index contributed by atoms with van der Waals surface area (Å²) in [4.78, 5) is 26.8. The Bertz CT molecular complexity index is 1090. The number of hydrogen-bond acceptors (Lipinski definition) is 4. The van der Waals surface area contributed by atoms with Crippen LogP contribution in [-0.2, 0) is 16.1 Å². The van der Waals surface area contributed by atoms with E-state index in [1.165, 1.54) is 5.56 Å². The molecular formula is C23H22ClN3O3. The molecule has 2 heterocycles. The van der Waals surface area contributed by atoms with Gasteiger partial charge in [0.1, 0.15) is 5.69 Å². The Morgan fingerprint density at radius 1 is 1.17 bits per heavy atom. The van der Waals surface area contributed by atoms with Gasteiger partial charge >= 0.3 is 0 Å². The average Bonchev–Trinajstić information content (AvgIpc) is 3.36. The topological polar surface area (TPSA) is 75.4 Å². The first kappa shape index (κ1) is 20.2. The van der Waals surface area contributed by atoms with Gasteiger partial charge in [-0.2, -0.15) is 0 Å². The van der Waals surface area contributed by atoms with Crippen molar-refractivity contribution in [3.63, 3.8) is 0 Å². The molecule has 1 fully saturated rings. The number of aromatic nitrogens is 1. The van der Waals surface area contributed by atoms with Gasteiger partial charge in [0.05, 0.1) is 12.5 Å². The van der Waals surface area contributed by atoms with Crippen LogP contribution >= 0.6 is 11.6 Å². The molecule has 2 aromatic carbocycles. The number of carbonyl (C=O) groups excluding carboxylic acids is 2. The van der Waals surface area contributed by atoms with E-state index >= 15 is 0 Å². The molecule has 1 saturated heterocycles. The fourth-order valence-corrected chi connectivity index (χ4v) is 3.62. The highest BCUT2D eigenvalue weighted by Gasteiger charge is 2.35. The van der Waals surface area contributed by atoms with E-state index < -0.39 is 0 Å². The molecule has 154 valence electrons. The zero-order chi connectivity index (χ0) is 21.3. The van der Waals surface area contributed by atoms with E-state index in [-0.39, 0.29) is 30.7 Å². The molecule has 7 heteroatoms. The van der Waals surface area contributed by atoms with E-state index in [4.69, 9.17) is 16.1 Å². The Hall–Kier alpha value is -3.12. The van der Waals surface area contributed by atoms with E-state index in [2.05, 4.69) is 10.5 Å². The lowest BCUT2D eigenvalue weighted by molar-refractivity contribution is -0.126. The van der Waals surface area contributed by atoms with E-state index in [1.54, 1.807) is 23.1 Å². The van der Waals surface area contributed by atoms with Crippen LogP contribution < -0.4 is 10.2 Å². The monoisotopic (exact) mass is 423 g/mol. The highest BCUT2D eigenvalue weighted by atomic mass is 35.5. The maximum atomic E-state index is 12.6. The first-order valence-electron chi connectivity index (χ1n) is 9.77. The Labute approximate surface area is 179 Å². The van der Waals surface area contributed by atoms with Crippen LogP contribution in [0.4, 0.5) is 5.69 Å². The Kier molecular flexibility index (Phi) is 5.59. The molecule has 3 aromatic rings. The van der Waals surface area contributed by atoms with Gasteiger partial charge in [-0.1, -0.05) is 22.8 Å². The summed E-state index contributed by atoms with van der Waals surface area (Å²) in [6.45, 7) is 4.66. The molecule has 6 nitrogen and oxygen atoms in total. The molecule has 0 radical (unpaired) electrons. The second-order valence-corrected chi connectivity index (χ2v) is 8.02. The first-order valence-corrected chi connectivity index (χ1v) is 10.2. The molecular weight excluding hydrogens is 402 g/mol. The van der Waals surface area contributed by atoms with Crippen LogP contribution in [0.5, 0.6) is 0 Å². The second-order valence-electron chi connectivity index (χ2n) is 7.58. The molecule has 0 saturated carbocycles. The van der Waals surface area contributed by atoms with Gasteiger partial charge in [0.2, 0.25) is 11.8 Å². The quantitative estimate of drug-likeness (QED) is 0.664. The van der Waals surface area contributed by atoms with Crippen LogP contribution in [0, 0.1) is 19.8 Å². The minimum Gasteiger partial charge on any atom is -0.356 e. The summed E-state index contributed by atoms with van der Waals surface area (Å²) >= 11 is 5.90. The third-order valence-electron chi connectivity index (χ3n) is 5.43. The summed E-state index contributed by atoms with van der Waals surface area (Å²) < 4.78 is 5.35. The summed E-state index contributed by atoms with van der Waals surface area (Å²) in [6, 6.07) is 14.9. The molecule has 0 aliphatic carbocycles. The smallest absolute Gasteiger partial charge is 0.227 e. The normalized spacial score (nSPS) is 16.2. The van der Waals surface area contributed by atoms with Crippen molar-refractivity contribution in [2.24, 2.45) is 5.92 Å². The highest BCUT2D eigenvalue weighted by molar-refractivity contribution is 6.30. The summed E-state index contributed by atoms with van der Waals surface area (Å²) in [7, 11) is 0. The molecule has 0 bridgehead atoms. The number of nitrogens with one attached hydrogen (secondary N) is 1. The second kappa shape index (κ2) is 8.32. The van der Waals surface area contributed by atoms with Gasteiger partial charge in [0, 0.05) is 35.3 Å². The van der Waals surface area contributed by atoms with Gasteiger partial charge in [-0.15, -0.1) is 0 Å². The number of halogens is 1. The zero-order valence-electron chi connectivity index (χ0n) is 16.8. The highest BCUT2D eigenvalue weighted by Crippen LogP contribution is 2.27. The predicted molar refractivity (Wildman–Crippen MR) is 115 cm³/mol. The summed E-state index contributed by atoms with van der Waals surface area (Å²) in [5.41, 5.74) is 4.60. The Morgan fingerprint density at radius 3 is 2.67 bits per heavy atom. The number of aryl methyl sites for hydroxylation is 2. The van der Waals surface area contributed by atoms with Crippen molar-refractivity contribution in [1.29, 1.82) is 0 Å². The fourth-order valence-electron chi connectivity index (χ4n) is 3.49. The molecule has 1 aromatic heterocycles. The van der Waals surface area contributed by atoms with E-state index in [9.17, 15) is 9.59 Å². The number of benzene rings is 2. The number of carbonyl (C=O) groups is 2. The summed E-state index contributed by atoms with van der Waals surface area (Å²) in [5.74, 6) is 0.0187. The minimum atomic E-state index is -0.387. The molecule has 2 amide bonds. The fraction of sp³-hybridized carbons (Fsp3) is 0.261. The number of hydrogen-bond donors (Lipinski definition) is 1. The van der Waals surface area contributed by atoms with Crippen LogP contribution in [0.25, 0.3) is 11.3 Å². The van der Waals surface area contributed by atoms with Crippen molar-refractivity contribution in [3.05, 3.63) is 70.4 Å². The molecule has 1 aliphatic heterocycles. The number of anilines is 1. The molecule has 30 heavy (non-hydrogen) atoms. The lowest BCUT2D eigenvalue weighted by Crippen LogP contribution is -2.32. The van der Waals surface area contributed by atoms with E-state index in [0.717, 1.165) is 16.8 Å². The van der Waals surface area contributed by atoms with Crippen molar-refractivity contribution in [2.45, 2.75) is 26.8 Å². The SMILES string of the molecule is Cc1ccc(N2C[C@H](C(=O)NCc3cc(-c4ccc(Cl)cc4)on3)CC2=O)cc1C. The van der Waals surface area contributed by atoms with Gasteiger partial charge in [-0.25, -0.2) is 0 Å². The standard InChI is InChI=1S/C23H22ClN3O3/c1-14-3-8-20(9-15(14)2)27-13-17(10-22(27)28)23(29)25-12-19-11-21(30-26-19)16-4-6-18(24)7-5-16/h3-9,11,17H,10,12-13H2,1-2H3,(H,25,29)/t17-/m1/s1. The zero-order valence-corrected chi connectivity index (χ0v) is 17.6. The summed E-state index contributed by atoms with van der Waals surface area (Å²) in [6.07, 6.45) is 0.202. The molecule has 0 spiro atoms. The average molecular weight is 424 g/mol. The third kappa shape index (κ3) is 4.24. The van der Waals surface area contributed by atoms with Crippen molar-refractivity contribution >= 4 is 29.1 Å². The molecule has 4 rings (SSSR count). The molecule has 1 aliphatic rings. The van der Waals surface area contributed by atoms with Crippen LogP contribution in [0.2, 0.25) is 5.02 Å². The third-order valence-corrected chi connectivity index (χ3v) is 5.68.